The van der Waals surface area contributed by atoms with Gasteiger partial charge in [0.2, 0.25) is 0 Å². The number of ketones is 1. The van der Waals surface area contributed by atoms with Gasteiger partial charge in [0.1, 0.15) is 5.78 Å². The van der Waals surface area contributed by atoms with E-state index in [1.54, 1.807) is 0 Å². The fourth-order valence-corrected chi connectivity index (χ4v) is 3.06. The van der Waals surface area contributed by atoms with Crippen LogP contribution in [0.2, 0.25) is 0 Å². The summed E-state index contributed by atoms with van der Waals surface area (Å²) in [4.78, 5) is 11.8. The SMILES string of the molecule is O=C1CC[C@@H]2CCc3ccccc3[C@H]12. The molecule has 72 valence electrons. The first kappa shape index (κ1) is 8.22. The Morgan fingerprint density at radius 3 is 2.79 bits per heavy atom. The standard InChI is InChI=1S/C13H14O/c14-12-8-7-10-6-5-9-3-1-2-4-11(9)13(10)12/h1-4,10,13H,5-8H2/t10-,13+/m0/s1. The Hall–Kier alpha value is -1.11. The van der Waals surface area contributed by atoms with Crippen LogP contribution >= 0.6 is 0 Å². The molecule has 0 heterocycles. The Morgan fingerprint density at radius 1 is 1.07 bits per heavy atom. The molecule has 14 heavy (non-hydrogen) atoms. The first-order chi connectivity index (χ1) is 6.86. The highest BCUT2D eigenvalue weighted by atomic mass is 16.1. The van der Waals surface area contributed by atoms with E-state index in [-0.39, 0.29) is 5.92 Å². The smallest absolute Gasteiger partial charge is 0.140 e. The summed E-state index contributed by atoms with van der Waals surface area (Å²) >= 11 is 0. The summed E-state index contributed by atoms with van der Waals surface area (Å²) in [6.07, 6.45) is 4.32. The van der Waals surface area contributed by atoms with Crippen LogP contribution in [0.4, 0.5) is 0 Å². The van der Waals surface area contributed by atoms with Gasteiger partial charge in [-0.2, -0.15) is 0 Å². The molecule has 1 aromatic rings. The molecule has 1 heteroatoms. The van der Waals surface area contributed by atoms with E-state index in [4.69, 9.17) is 0 Å². The van der Waals surface area contributed by atoms with Crippen LogP contribution in [0.15, 0.2) is 24.3 Å². The molecule has 1 nitrogen and oxygen atoms in total. The van der Waals surface area contributed by atoms with E-state index in [0.717, 1.165) is 12.8 Å². The Balaban J connectivity index is 2.11. The second-order valence-corrected chi connectivity index (χ2v) is 4.48. The van der Waals surface area contributed by atoms with Crippen LogP contribution < -0.4 is 0 Å². The molecule has 0 bridgehead atoms. The average molecular weight is 186 g/mol. The van der Waals surface area contributed by atoms with Gasteiger partial charge in [-0.1, -0.05) is 24.3 Å². The predicted molar refractivity (Wildman–Crippen MR) is 55.2 cm³/mol. The summed E-state index contributed by atoms with van der Waals surface area (Å²) in [6.45, 7) is 0. The fraction of sp³-hybridized carbons (Fsp3) is 0.462. The van der Waals surface area contributed by atoms with Gasteiger partial charge >= 0.3 is 0 Å². The van der Waals surface area contributed by atoms with E-state index in [1.165, 1.54) is 24.0 Å². The van der Waals surface area contributed by atoms with E-state index in [0.29, 0.717) is 11.7 Å². The topological polar surface area (TPSA) is 17.1 Å². The normalized spacial score (nSPS) is 29.9. The van der Waals surface area contributed by atoms with E-state index in [1.807, 2.05) is 0 Å². The third-order valence-corrected chi connectivity index (χ3v) is 3.75. The van der Waals surface area contributed by atoms with Crippen LogP contribution in [0.1, 0.15) is 36.3 Å². The van der Waals surface area contributed by atoms with Gasteiger partial charge in [0, 0.05) is 12.3 Å². The molecule has 0 spiro atoms. The summed E-state index contributed by atoms with van der Waals surface area (Å²) in [5.74, 6) is 1.37. The summed E-state index contributed by atoms with van der Waals surface area (Å²) in [6, 6.07) is 8.47. The van der Waals surface area contributed by atoms with Crippen molar-refractivity contribution >= 4 is 5.78 Å². The minimum atomic E-state index is 0.250. The third-order valence-electron chi connectivity index (χ3n) is 3.75. The summed E-state index contributed by atoms with van der Waals surface area (Å²) in [5.41, 5.74) is 2.73. The number of fused-ring (bicyclic) bond motifs is 3. The molecule has 0 saturated heterocycles. The lowest BCUT2D eigenvalue weighted by molar-refractivity contribution is -0.119. The Bertz CT molecular complexity index is 381. The van der Waals surface area contributed by atoms with Crippen molar-refractivity contribution in [3.63, 3.8) is 0 Å². The van der Waals surface area contributed by atoms with Crippen LogP contribution in [0.25, 0.3) is 0 Å². The molecule has 0 aromatic heterocycles. The van der Waals surface area contributed by atoms with Crippen molar-refractivity contribution in [1.29, 1.82) is 0 Å². The second-order valence-electron chi connectivity index (χ2n) is 4.48. The molecule has 0 amide bonds. The summed E-state index contributed by atoms with van der Waals surface area (Å²) in [5, 5.41) is 0. The van der Waals surface area contributed by atoms with Gasteiger partial charge in [0.05, 0.1) is 0 Å². The number of aryl methyl sites for hydroxylation is 1. The highest BCUT2D eigenvalue weighted by Gasteiger charge is 2.38. The van der Waals surface area contributed by atoms with E-state index in [9.17, 15) is 4.79 Å². The van der Waals surface area contributed by atoms with Crippen molar-refractivity contribution in [2.24, 2.45) is 5.92 Å². The van der Waals surface area contributed by atoms with Crippen molar-refractivity contribution in [3.8, 4) is 0 Å². The van der Waals surface area contributed by atoms with Crippen molar-refractivity contribution in [2.75, 3.05) is 0 Å². The van der Waals surface area contributed by atoms with Gasteiger partial charge in [-0.05, 0) is 36.3 Å². The van der Waals surface area contributed by atoms with Crippen molar-refractivity contribution in [2.45, 2.75) is 31.6 Å². The summed E-state index contributed by atoms with van der Waals surface area (Å²) in [7, 11) is 0. The largest absolute Gasteiger partial charge is 0.299 e. The predicted octanol–water partition coefficient (Wildman–Crippen LogP) is 2.70. The van der Waals surface area contributed by atoms with Crippen LogP contribution in [0.3, 0.4) is 0 Å². The van der Waals surface area contributed by atoms with Crippen LogP contribution in [-0.4, -0.2) is 5.78 Å². The zero-order chi connectivity index (χ0) is 9.54. The molecule has 1 fully saturated rings. The zero-order valence-electron chi connectivity index (χ0n) is 8.20. The van der Waals surface area contributed by atoms with Gasteiger partial charge in [-0.15, -0.1) is 0 Å². The van der Waals surface area contributed by atoms with Gasteiger partial charge in [0.15, 0.2) is 0 Å². The molecule has 0 N–H and O–H groups in total. The Labute approximate surface area is 84.1 Å². The molecule has 0 aliphatic heterocycles. The number of Topliss-reactive ketones (excluding diaryl/α,β-unsaturated/α-hetero) is 1. The average Bonchev–Trinajstić information content (AvgIpc) is 2.61. The molecule has 0 radical (unpaired) electrons. The maximum absolute atomic E-state index is 11.8. The maximum Gasteiger partial charge on any atom is 0.140 e. The van der Waals surface area contributed by atoms with Crippen LogP contribution in [0, 0.1) is 5.92 Å². The highest BCUT2D eigenvalue weighted by Crippen LogP contribution is 2.44. The van der Waals surface area contributed by atoms with Crippen molar-refractivity contribution in [3.05, 3.63) is 35.4 Å². The van der Waals surface area contributed by atoms with Gasteiger partial charge < -0.3 is 0 Å². The van der Waals surface area contributed by atoms with Crippen molar-refractivity contribution < 1.29 is 4.79 Å². The fourth-order valence-electron chi connectivity index (χ4n) is 3.06. The number of carbonyl (C=O) groups is 1. The zero-order valence-corrected chi connectivity index (χ0v) is 8.20. The molecule has 3 rings (SSSR count). The number of hydrogen-bond acceptors (Lipinski definition) is 1. The lowest BCUT2D eigenvalue weighted by Crippen LogP contribution is -2.19. The molecule has 2 atom stereocenters. The molecular formula is C13H14O. The number of carbonyl (C=O) groups excluding carboxylic acids is 1. The maximum atomic E-state index is 11.8. The first-order valence-electron chi connectivity index (χ1n) is 5.47. The van der Waals surface area contributed by atoms with Gasteiger partial charge in [0.25, 0.3) is 0 Å². The van der Waals surface area contributed by atoms with E-state index >= 15 is 0 Å². The van der Waals surface area contributed by atoms with Gasteiger partial charge in [-0.25, -0.2) is 0 Å². The lowest BCUT2D eigenvalue weighted by atomic mass is 9.77. The first-order valence-corrected chi connectivity index (χ1v) is 5.47. The third kappa shape index (κ3) is 1.05. The van der Waals surface area contributed by atoms with Crippen LogP contribution in [0.5, 0.6) is 0 Å². The van der Waals surface area contributed by atoms with Gasteiger partial charge in [-0.3, -0.25) is 4.79 Å². The minimum Gasteiger partial charge on any atom is -0.299 e. The quantitative estimate of drug-likeness (QED) is 0.609. The van der Waals surface area contributed by atoms with E-state index < -0.39 is 0 Å². The molecule has 2 aliphatic carbocycles. The summed E-state index contributed by atoms with van der Waals surface area (Å²) < 4.78 is 0. The second kappa shape index (κ2) is 2.94. The number of rotatable bonds is 0. The van der Waals surface area contributed by atoms with Crippen LogP contribution in [-0.2, 0) is 11.2 Å². The molecular weight excluding hydrogens is 172 g/mol. The highest BCUT2D eigenvalue weighted by molar-refractivity contribution is 5.88. The monoisotopic (exact) mass is 186 g/mol. The molecule has 2 aliphatic rings. The minimum absolute atomic E-state index is 0.250. The number of benzene rings is 1. The number of hydrogen-bond donors (Lipinski definition) is 0. The lowest BCUT2D eigenvalue weighted by Gasteiger charge is -2.26. The Kier molecular flexibility index (Phi) is 1.73. The molecule has 1 saturated carbocycles. The molecule has 0 unspecified atom stereocenters. The van der Waals surface area contributed by atoms with E-state index in [2.05, 4.69) is 24.3 Å². The molecule has 1 aromatic carbocycles. The Morgan fingerprint density at radius 2 is 1.86 bits per heavy atom. The van der Waals surface area contributed by atoms with Crippen molar-refractivity contribution in [1.82, 2.24) is 0 Å².